The van der Waals surface area contributed by atoms with Gasteiger partial charge in [0.05, 0.1) is 27.3 Å². The minimum absolute atomic E-state index is 0.556. The van der Waals surface area contributed by atoms with Crippen molar-refractivity contribution in [3.8, 4) is 22.5 Å². The molecular weight excluding hydrogens is 330 g/mol. The Hall–Kier alpha value is -2.63. The lowest BCUT2D eigenvalue weighted by Gasteiger charge is -2.04. The number of fused-ring (bicyclic) bond motifs is 4. The maximum atomic E-state index is 11.5. The Labute approximate surface area is 148 Å². The molecule has 4 nitrogen and oxygen atoms in total. The maximum absolute atomic E-state index is 11.5. The van der Waals surface area contributed by atoms with Gasteiger partial charge in [0.25, 0.3) is 0 Å². The molecule has 0 radical (unpaired) electrons. The van der Waals surface area contributed by atoms with Crippen LogP contribution in [0.1, 0.15) is 13.8 Å². The average molecular weight is 347 g/mol. The first-order valence-corrected chi connectivity index (χ1v) is 9.44. The summed E-state index contributed by atoms with van der Waals surface area (Å²) in [7, 11) is -1.52. The summed E-state index contributed by atoms with van der Waals surface area (Å²) in [6, 6.07) is 17.8. The van der Waals surface area contributed by atoms with E-state index in [1.807, 2.05) is 32.0 Å². The Bertz CT molecular complexity index is 1150. The molecule has 25 heavy (non-hydrogen) atoms. The molecule has 0 bridgehead atoms. The Balaban J connectivity index is 0.000000758. The molecule has 2 N–H and O–H groups in total. The van der Waals surface area contributed by atoms with Gasteiger partial charge < -0.3 is 0 Å². The van der Waals surface area contributed by atoms with Gasteiger partial charge in [0.1, 0.15) is 11.0 Å². The van der Waals surface area contributed by atoms with Crippen molar-refractivity contribution in [2.24, 2.45) is 5.14 Å². The van der Waals surface area contributed by atoms with Crippen LogP contribution in [-0.4, -0.2) is 14.2 Å². The van der Waals surface area contributed by atoms with E-state index in [1.54, 1.807) is 12.1 Å². The molecule has 5 rings (SSSR count). The van der Waals surface area contributed by atoms with Gasteiger partial charge in [0, 0.05) is 16.5 Å². The predicted molar refractivity (Wildman–Crippen MR) is 103 cm³/mol. The summed E-state index contributed by atoms with van der Waals surface area (Å²) in [6.07, 6.45) is 0. The fraction of sp³-hybridized carbons (Fsp3) is 0.100. The van der Waals surface area contributed by atoms with E-state index in [2.05, 4.69) is 24.3 Å². The van der Waals surface area contributed by atoms with Gasteiger partial charge >= 0.3 is 0 Å². The molecule has 0 spiro atoms. The van der Waals surface area contributed by atoms with Crippen LogP contribution in [-0.2, 0) is 11.0 Å². The van der Waals surface area contributed by atoms with Gasteiger partial charge in [0.15, 0.2) is 0 Å². The fourth-order valence-corrected chi connectivity index (χ4v) is 3.70. The second kappa shape index (κ2) is 6.02. The highest BCUT2D eigenvalue weighted by molar-refractivity contribution is 7.82. The van der Waals surface area contributed by atoms with Crippen molar-refractivity contribution in [2.45, 2.75) is 18.7 Å². The lowest BCUT2D eigenvalue weighted by Crippen LogP contribution is -2.02. The van der Waals surface area contributed by atoms with Gasteiger partial charge in [0.2, 0.25) is 0 Å². The van der Waals surface area contributed by atoms with Crippen molar-refractivity contribution >= 4 is 32.8 Å². The third-order valence-corrected chi connectivity index (χ3v) is 5.00. The lowest BCUT2D eigenvalue weighted by molar-refractivity contribution is 0.684. The van der Waals surface area contributed by atoms with Gasteiger partial charge in [-0.25, -0.2) is 19.3 Å². The summed E-state index contributed by atoms with van der Waals surface area (Å²) in [5, 5.41) is 7.86. The molecule has 124 valence electrons. The summed E-state index contributed by atoms with van der Waals surface area (Å²) in [4.78, 5) is 10.1. The van der Waals surface area contributed by atoms with Crippen molar-refractivity contribution in [1.82, 2.24) is 9.97 Å². The predicted octanol–water partition coefficient (Wildman–Crippen LogP) is 4.44. The standard InChI is InChI=1S/C18H11N3OS.C2H6/c19-23(22)11-7-8-14-15(9-11)21-18-13-6-2-4-10-3-1-5-12(16(10)13)17(18)20-14;1-2/h1-9H,19H2;1-2H3. The third kappa shape index (κ3) is 2.35. The first-order chi connectivity index (χ1) is 12.2. The van der Waals surface area contributed by atoms with Crippen molar-refractivity contribution in [2.75, 3.05) is 0 Å². The fourth-order valence-electron chi connectivity index (χ4n) is 3.27. The van der Waals surface area contributed by atoms with E-state index in [4.69, 9.17) is 15.1 Å². The lowest BCUT2D eigenvalue weighted by atomic mass is 10.0. The third-order valence-electron chi connectivity index (χ3n) is 4.28. The van der Waals surface area contributed by atoms with Crippen molar-refractivity contribution in [1.29, 1.82) is 0 Å². The van der Waals surface area contributed by atoms with E-state index >= 15 is 0 Å². The second-order valence-electron chi connectivity index (χ2n) is 5.58. The largest absolute Gasteiger partial charge is 0.248 e. The van der Waals surface area contributed by atoms with Crippen molar-refractivity contribution in [3.05, 3.63) is 54.6 Å². The Morgan fingerprint density at radius 3 is 2.04 bits per heavy atom. The highest BCUT2D eigenvalue weighted by Gasteiger charge is 2.24. The number of nitrogens with two attached hydrogens (primary N) is 1. The molecule has 1 unspecified atom stereocenters. The summed E-state index contributed by atoms with van der Waals surface area (Å²) in [6.45, 7) is 4.00. The second-order valence-corrected chi connectivity index (χ2v) is 6.64. The summed E-state index contributed by atoms with van der Waals surface area (Å²) < 4.78 is 11.5. The van der Waals surface area contributed by atoms with E-state index in [0.29, 0.717) is 10.4 Å². The van der Waals surface area contributed by atoms with E-state index in [-0.39, 0.29) is 0 Å². The van der Waals surface area contributed by atoms with Gasteiger partial charge in [-0.3, -0.25) is 0 Å². The summed E-state index contributed by atoms with van der Waals surface area (Å²) in [5.74, 6) is 0. The first-order valence-electron chi connectivity index (χ1n) is 8.23. The van der Waals surface area contributed by atoms with E-state index in [0.717, 1.165) is 28.0 Å². The number of rotatable bonds is 1. The molecule has 0 aliphatic heterocycles. The van der Waals surface area contributed by atoms with Crippen molar-refractivity contribution < 1.29 is 4.21 Å². The minimum Gasteiger partial charge on any atom is -0.248 e. The number of aromatic nitrogens is 2. The van der Waals surface area contributed by atoms with Crippen LogP contribution in [0, 0.1) is 0 Å². The van der Waals surface area contributed by atoms with E-state index < -0.39 is 11.0 Å². The van der Waals surface area contributed by atoms with Gasteiger partial charge in [-0.15, -0.1) is 0 Å². The van der Waals surface area contributed by atoms with Crippen LogP contribution >= 0.6 is 0 Å². The molecule has 5 heteroatoms. The van der Waals surface area contributed by atoms with Crippen LogP contribution in [0.3, 0.4) is 0 Å². The topological polar surface area (TPSA) is 68.9 Å². The SMILES string of the molecule is CC.NS(=O)c1ccc2nc3c(nc2c1)-c1cccc2cccc-3c12. The Kier molecular flexibility index (Phi) is 3.82. The minimum atomic E-state index is -1.52. The quantitative estimate of drug-likeness (QED) is 0.487. The van der Waals surface area contributed by atoms with Crippen LogP contribution in [0.25, 0.3) is 44.3 Å². The number of hydrogen-bond acceptors (Lipinski definition) is 3. The Morgan fingerprint density at radius 1 is 0.840 bits per heavy atom. The maximum Gasteiger partial charge on any atom is 0.122 e. The zero-order chi connectivity index (χ0) is 17.6. The number of nitrogens with zero attached hydrogens (tertiary/aromatic N) is 2. The van der Waals surface area contributed by atoms with Crippen LogP contribution in [0.5, 0.6) is 0 Å². The molecule has 1 aliphatic rings. The molecule has 0 saturated heterocycles. The molecule has 3 aromatic carbocycles. The smallest absolute Gasteiger partial charge is 0.122 e. The molecule has 0 saturated carbocycles. The van der Waals surface area contributed by atoms with Gasteiger partial charge in [-0.05, 0) is 23.6 Å². The van der Waals surface area contributed by atoms with Crippen LogP contribution in [0.4, 0.5) is 0 Å². The average Bonchev–Trinajstić information content (AvgIpc) is 2.97. The van der Waals surface area contributed by atoms with Gasteiger partial charge in [-0.2, -0.15) is 0 Å². The van der Waals surface area contributed by atoms with E-state index in [9.17, 15) is 4.21 Å². The zero-order valence-electron chi connectivity index (χ0n) is 14.0. The molecule has 1 heterocycles. The van der Waals surface area contributed by atoms with Crippen molar-refractivity contribution in [3.63, 3.8) is 0 Å². The van der Waals surface area contributed by atoms with Gasteiger partial charge in [-0.1, -0.05) is 50.2 Å². The Morgan fingerprint density at radius 2 is 1.44 bits per heavy atom. The number of benzene rings is 3. The highest BCUT2D eigenvalue weighted by atomic mass is 32.2. The first kappa shape index (κ1) is 15.9. The normalized spacial score (nSPS) is 12.6. The summed E-state index contributed by atoms with van der Waals surface area (Å²) in [5.41, 5.74) is 5.50. The monoisotopic (exact) mass is 347 g/mol. The molecule has 0 amide bonds. The van der Waals surface area contributed by atoms with Crippen LogP contribution < -0.4 is 5.14 Å². The highest BCUT2D eigenvalue weighted by Crippen LogP contribution is 2.45. The molecule has 0 fully saturated rings. The molecule has 1 aliphatic carbocycles. The number of hydrogen-bond donors (Lipinski definition) is 1. The van der Waals surface area contributed by atoms with Crippen LogP contribution in [0.2, 0.25) is 0 Å². The molecule has 4 aromatic rings. The molecular formula is C20H17N3OS. The van der Waals surface area contributed by atoms with E-state index in [1.165, 1.54) is 10.8 Å². The summed E-state index contributed by atoms with van der Waals surface area (Å²) >= 11 is 0. The van der Waals surface area contributed by atoms with Crippen LogP contribution in [0.15, 0.2) is 59.5 Å². The molecule has 1 atom stereocenters. The molecule has 1 aromatic heterocycles. The zero-order valence-corrected chi connectivity index (χ0v) is 14.8.